The van der Waals surface area contributed by atoms with Crippen LogP contribution in [0.1, 0.15) is 16.7 Å². The Labute approximate surface area is 203 Å². The fourth-order valence-electron chi connectivity index (χ4n) is 4.38. The van der Waals surface area contributed by atoms with Gasteiger partial charge in [0.1, 0.15) is 0 Å². The van der Waals surface area contributed by atoms with Crippen molar-refractivity contribution in [3.63, 3.8) is 0 Å². The number of rotatable bonds is 8. The Hall–Kier alpha value is -3.83. The molecule has 0 fully saturated rings. The first-order chi connectivity index (χ1) is 16.8. The Morgan fingerprint density at radius 1 is 0.765 bits per heavy atom. The molecule has 5 aromatic rings. The Morgan fingerprint density at radius 3 is 2.21 bits per heavy atom. The first-order valence-corrected chi connectivity index (χ1v) is 12.4. The summed E-state index contributed by atoms with van der Waals surface area (Å²) in [6.07, 6.45) is 0.811. The van der Waals surface area contributed by atoms with Gasteiger partial charge in [-0.3, -0.25) is 0 Å². The second kappa shape index (κ2) is 10.4. The highest BCUT2D eigenvalue weighted by molar-refractivity contribution is 7.13. The van der Waals surface area contributed by atoms with Crippen LogP contribution in [0.15, 0.2) is 102 Å². The summed E-state index contributed by atoms with van der Waals surface area (Å²) in [5.41, 5.74) is 5.96. The number of carbonyl (C=O) groups is 1. The Kier molecular flexibility index (Phi) is 6.73. The number of para-hydroxylation sites is 1. The largest absolute Gasteiger partial charge is 0.338 e. The van der Waals surface area contributed by atoms with Gasteiger partial charge in [0, 0.05) is 36.1 Å². The topological polar surface area (TPSA) is 46.1 Å². The van der Waals surface area contributed by atoms with E-state index in [4.69, 9.17) is 0 Å². The van der Waals surface area contributed by atoms with Gasteiger partial charge in [-0.25, -0.2) is 4.79 Å². The van der Waals surface area contributed by atoms with Crippen LogP contribution in [-0.4, -0.2) is 17.1 Å². The second-order valence-electron chi connectivity index (χ2n) is 8.24. The Balaban J connectivity index is 1.40. The lowest BCUT2D eigenvalue weighted by Gasteiger charge is -2.12. The molecule has 0 saturated carbocycles. The second-order valence-corrected chi connectivity index (χ2v) is 9.19. The lowest BCUT2D eigenvalue weighted by molar-refractivity contribution is 0.240. The van der Waals surface area contributed by atoms with Crippen molar-refractivity contribution >= 4 is 28.3 Å². The van der Waals surface area contributed by atoms with Gasteiger partial charge in [-0.15, -0.1) is 11.3 Å². The van der Waals surface area contributed by atoms with Crippen LogP contribution < -0.4 is 10.6 Å². The fraction of sp³-hybridized carbons (Fsp3) is 0.138. The average Bonchev–Trinajstić information content (AvgIpc) is 3.51. The Morgan fingerprint density at radius 2 is 1.47 bits per heavy atom. The first-order valence-electron chi connectivity index (χ1n) is 11.5. The van der Waals surface area contributed by atoms with Gasteiger partial charge < -0.3 is 15.2 Å². The maximum atomic E-state index is 12.6. The normalized spacial score (nSPS) is 10.9. The smallest absolute Gasteiger partial charge is 0.315 e. The van der Waals surface area contributed by atoms with Crippen LogP contribution in [0.5, 0.6) is 0 Å². The van der Waals surface area contributed by atoms with E-state index < -0.39 is 0 Å². The van der Waals surface area contributed by atoms with Crippen LogP contribution in [0.3, 0.4) is 0 Å². The lowest BCUT2D eigenvalue weighted by atomic mass is 10.1. The third kappa shape index (κ3) is 4.90. The van der Waals surface area contributed by atoms with E-state index in [1.165, 1.54) is 32.6 Å². The maximum Gasteiger partial charge on any atom is 0.315 e. The van der Waals surface area contributed by atoms with Crippen LogP contribution in [0.2, 0.25) is 0 Å². The number of fused-ring (bicyclic) bond motifs is 1. The van der Waals surface area contributed by atoms with Gasteiger partial charge in [0.2, 0.25) is 0 Å². The van der Waals surface area contributed by atoms with E-state index in [2.05, 4.69) is 93.4 Å². The molecule has 170 valence electrons. The molecule has 0 spiro atoms. The zero-order valence-electron chi connectivity index (χ0n) is 18.9. The van der Waals surface area contributed by atoms with Gasteiger partial charge in [-0.05, 0) is 35.1 Å². The van der Waals surface area contributed by atoms with Crippen molar-refractivity contribution < 1.29 is 4.79 Å². The summed E-state index contributed by atoms with van der Waals surface area (Å²) in [5.74, 6) is 0. The van der Waals surface area contributed by atoms with Crippen LogP contribution in [-0.2, 0) is 19.5 Å². The molecule has 0 saturated heterocycles. The number of hydrogen-bond acceptors (Lipinski definition) is 2. The van der Waals surface area contributed by atoms with Gasteiger partial charge in [0.05, 0.1) is 10.6 Å². The van der Waals surface area contributed by atoms with E-state index in [1.807, 2.05) is 24.3 Å². The summed E-state index contributed by atoms with van der Waals surface area (Å²) in [7, 11) is 0. The molecule has 5 heteroatoms. The van der Waals surface area contributed by atoms with Crippen molar-refractivity contribution in [2.45, 2.75) is 19.5 Å². The maximum absolute atomic E-state index is 12.6. The molecule has 4 nitrogen and oxygen atoms in total. The van der Waals surface area contributed by atoms with Crippen molar-refractivity contribution in [1.29, 1.82) is 0 Å². The number of benzene rings is 3. The molecule has 0 bridgehead atoms. The molecule has 0 aliphatic carbocycles. The lowest BCUT2D eigenvalue weighted by Crippen LogP contribution is -2.36. The highest BCUT2D eigenvalue weighted by Gasteiger charge is 2.20. The van der Waals surface area contributed by atoms with Crippen molar-refractivity contribution in [3.05, 3.63) is 119 Å². The van der Waals surface area contributed by atoms with E-state index in [0.29, 0.717) is 13.1 Å². The molecule has 2 aromatic heterocycles. The van der Waals surface area contributed by atoms with Crippen LogP contribution in [0.4, 0.5) is 4.79 Å². The van der Waals surface area contributed by atoms with Crippen LogP contribution in [0.25, 0.3) is 21.5 Å². The number of urea groups is 1. The predicted octanol–water partition coefficient (Wildman–Crippen LogP) is 6.46. The summed E-state index contributed by atoms with van der Waals surface area (Å²) in [4.78, 5) is 13.8. The molecule has 34 heavy (non-hydrogen) atoms. The molecule has 0 atom stereocenters. The quantitative estimate of drug-likeness (QED) is 0.271. The summed E-state index contributed by atoms with van der Waals surface area (Å²) in [6, 6.07) is 33.3. The third-order valence-corrected chi connectivity index (χ3v) is 6.86. The van der Waals surface area contributed by atoms with E-state index in [9.17, 15) is 4.79 Å². The minimum absolute atomic E-state index is 0.145. The van der Waals surface area contributed by atoms with Crippen molar-refractivity contribution in [2.75, 3.05) is 6.54 Å². The zero-order valence-corrected chi connectivity index (χ0v) is 19.7. The zero-order chi connectivity index (χ0) is 23.2. The molecule has 2 N–H and O–H groups in total. The summed E-state index contributed by atoms with van der Waals surface area (Å²) < 4.78 is 2.38. The minimum atomic E-state index is -0.145. The van der Waals surface area contributed by atoms with Crippen molar-refractivity contribution in [3.8, 4) is 10.6 Å². The van der Waals surface area contributed by atoms with E-state index in [0.717, 1.165) is 18.5 Å². The van der Waals surface area contributed by atoms with E-state index in [1.54, 1.807) is 11.3 Å². The number of thiophene rings is 1. The van der Waals surface area contributed by atoms with Crippen LogP contribution in [0, 0.1) is 0 Å². The molecule has 3 aromatic carbocycles. The monoisotopic (exact) mass is 465 g/mol. The van der Waals surface area contributed by atoms with Gasteiger partial charge in [-0.1, -0.05) is 84.9 Å². The van der Waals surface area contributed by atoms with E-state index >= 15 is 0 Å². The van der Waals surface area contributed by atoms with Crippen molar-refractivity contribution in [2.24, 2.45) is 0 Å². The number of nitrogens with zero attached hydrogens (tertiary/aromatic N) is 1. The number of nitrogens with one attached hydrogen (secondary N) is 2. The van der Waals surface area contributed by atoms with Crippen molar-refractivity contribution in [1.82, 2.24) is 15.2 Å². The molecule has 0 radical (unpaired) electrons. The van der Waals surface area contributed by atoms with Gasteiger partial charge in [-0.2, -0.15) is 0 Å². The molecule has 0 aliphatic heterocycles. The molecule has 5 rings (SSSR count). The van der Waals surface area contributed by atoms with Gasteiger partial charge >= 0.3 is 6.03 Å². The molecule has 0 unspecified atom stereocenters. The highest BCUT2D eigenvalue weighted by atomic mass is 32.1. The third-order valence-electron chi connectivity index (χ3n) is 5.98. The molecular weight excluding hydrogens is 438 g/mol. The minimum Gasteiger partial charge on any atom is -0.338 e. The summed E-state index contributed by atoms with van der Waals surface area (Å²) >= 11 is 1.73. The average molecular weight is 466 g/mol. The summed E-state index contributed by atoms with van der Waals surface area (Å²) in [6.45, 7) is 1.84. The predicted molar refractivity (Wildman–Crippen MR) is 141 cm³/mol. The molecular formula is C29H27N3OS. The Bertz CT molecular complexity index is 1360. The highest BCUT2D eigenvalue weighted by Crippen LogP contribution is 2.36. The number of hydrogen-bond donors (Lipinski definition) is 2. The molecule has 2 heterocycles. The molecule has 2 amide bonds. The number of carbonyl (C=O) groups excluding carboxylic acids is 1. The number of aromatic nitrogens is 1. The summed E-state index contributed by atoms with van der Waals surface area (Å²) in [5, 5.41) is 9.37. The van der Waals surface area contributed by atoms with Gasteiger partial charge in [0.25, 0.3) is 0 Å². The molecule has 0 aliphatic rings. The van der Waals surface area contributed by atoms with Crippen LogP contribution >= 0.6 is 11.3 Å². The van der Waals surface area contributed by atoms with Gasteiger partial charge in [0.15, 0.2) is 0 Å². The standard InChI is InChI=1S/C29H27N3OS/c33-29(30-18-17-22-10-3-1-4-11-22)31-20-25-24-14-7-8-15-26(24)32(21-23-12-5-2-6-13-23)28(25)27-16-9-19-34-27/h1-16,19H,17-18,20-21H2,(H2,30,31,33). The fourth-order valence-corrected chi connectivity index (χ4v) is 5.18. The number of amides is 2. The first kappa shape index (κ1) is 22.0. The van der Waals surface area contributed by atoms with E-state index in [-0.39, 0.29) is 6.03 Å². The SMILES string of the molecule is O=C(NCCc1ccccc1)NCc1c(-c2cccs2)n(Cc2ccccc2)c2ccccc12.